The number of amides is 4. The zero-order chi connectivity index (χ0) is 25.4. The van der Waals surface area contributed by atoms with E-state index in [1.807, 2.05) is 59.2 Å². The van der Waals surface area contributed by atoms with E-state index in [0.29, 0.717) is 22.6 Å². The van der Waals surface area contributed by atoms with Crippen LogP contribution in [0.5, 0.6) is 0 Å². The number of hydrogen-bond donors (Lipinski definition) is 0. The zero-order valence-electron chi connectivity index (χ0n) is 19.7. The monoisotopic (exact) mass is 537 g/mol. The number of imide groups is 2. The Hall–Kier alpha value is -3.72. The lowest BCUT2D eigenvalue weighted by Gasteiger charge is -2.33. The molecule has 2 aromatic carbocycles. The molecule has 8 nitrogen and oxygen atoms in total. The predicted octanol–water partition coefficient (Wildman–Crippen LogP) is 4.53. The van der Waals surface area contributed by atoms with E-state index >= 15 is 0 Å². The van der Waals surface area contributed by atoms with Crippen molar-refractivity contribution >= 4 is 39.7 Å². The van der Waals surface area contributed by atoms with Crippen LogP contribution < -0.4 is 0 Å². The first-order valence-corrected chi connectivity index (χ1v) is 11.8. The first-order valence-electron chi connectivity index (χ1n) is 11.0. The summed E-state index contributed by atoms with van der Waals surface area (Å²) in [6, 6.07) is 15.9. The summed E-state index contributed by atoms with van der Waals surface area (Å²) in [6.07, 6.45) is 0. The molecule has 0 spiro atoms. The summed E-state index contributed by atoms with van der Waals surface area (Å²) in [5.74, 6) is -3.46. The molecular formula is C26H24BrN3O5. The second-order valence-electron chi connectivity index (χ2n) is 8.11. The Morgan fingerprint density at radius 3 is 2.09 bits per heavy atom. The van der Waals surface area contributed by atoms with Crippen LogP contribution in [-0.2, 0) is 14.3 Å². The normalized spacial score (nSPS) is 14.6. The van der Waals surface area contributed by atoms with Crippen LogP contribution in [0.1, 0.15) is 34.5 Å². The largest absolute Gasteiger partial charge is 0.462 e. The Balaban J connectivity index is 2.16. The number of likely N-dealkylation sites (N-methyl/N-ethyl adjacent to an activating group) is 2. The third kappa shape index (κ3) is 3.95. The van der Waals surface area contributed by atoms with Crippen molar-refractivity contribution in [3.63, 3.8) is 0 Å². The molecule has 1 aliphatic rings. The summed E-state index contributed by atoms with van der Waals surface area (Å²) in [7, 11) is 2.65. The van der Waals surface area contributed by atoms with E-state index in [4.69, 9.17) is 4.74 Å². The zero-order valence-corrected chi connectivity index (χ0v) is 21.3. The number of hydrogen-bond acceptors (Lipinski definition) is 5. The van der Waals surface area contributed by atoms with Gasteiger partial charge in [-0.05, 0) is 47.5 Å². The fourth-order valence-corrected chi connectivity index (χ4v) is 4.89. The number of urea groups is 1. The van der Waals surface area contributed by atoms with Crippen LogP contribution in [-0.4, -0.2) is 58.9 Å². The van der Waals surface area contributed by atoms with Gasteiger partial charge in [-0.25, -0.2) is 9.59 Å². The van der Waals surface area contributed by atoms with Crippen molar-refractivity contribution in [2.24, 2.45) is 0 Å². The van der Waals surface area contributed by atoms with E-state index in [9.17, 15) is 19.2 Å². The van der Waals surface area contributed by atoms with E-state index in [1.54, 1.807) is 13.8 Å². The number of carbonyl (C=O) groups is 4. The highest BCUT2D eigenvalue weighted by atomic mass is 79.9. The second-order valence-corrected chi connectivity index (χ2v) is 8.96. The van der Waals surface area contributed by atoms with Gasteiger partial charge in [-0.2, -0.15) is 0 Å². The van der Waals surface area contributed by atoms with Crippen LogP contribution >= 0.6 is 15.9 Å². The van der Waals surface area contributed by atoms with Crippen LogP contribution in [0, 0.1) is 6.92 Å². The van der Waals surface area contributed by atoms with Crippen molar-refractivity contribution in [2.75, 3.05) is 20.7 Å². The number of aromatic nitrogens is 1. The van der Waals surface area contributed by atoms with Crippen LogP contribution in [0.3, 0.4) is 0 Å². The van der Waals surface area contributed by atoms with Gasteiger partial charge < -0.3 is 9.30 Å². The third-order valence-electron chi connectivity index (χ3n) is 6.08. The molecule has 1 aromatic heterocycles. The van der Waals surface area contributed by atoms with Crippen LogP contribution in [0.2, 0.25) is 0 Å². The number of ether oxygens (including phenoxy) is 1. The molecule has 2 heterocycles. The van der Waals surface area contributed by atoms with Crippen molar-refractivity contribution in [1.82, 2.24) is 14.4 Å². The van der Waals surface area contributed by atoms with E-state index in [2.05, 4.69) is 15.9 Å². The first kappa shape index (κ1) is 24.4. The Morgan fingerprint density at radius 1 is 0.943 bits per heavy atom. The Morgan fingerprint density at radius 2 is 1.51 bits per heavy atom. The predicted molar refractivity (Wildman–Crippen MR) is 133 cm³/mol. The highest BCUT2D eigenvalue weighted by Crippen LogP contribution is 2.42. The maximum absolute atomic E-state index is 13.4. The molecule has 0 aliphatic carbocycles. The molecule has 0 atom stereocenters. The van der Waals surface area contributed by atoms with Crippen molar-refractivity contribution < 1.29 is 23.9 Å². The Bertz CT molecular complexity index is 1320. The molecule has 4 amide bonds. The Labute approximate surface area is 211 Å². The van der Waals surface area contributed by atoms with Crippen molar-refractivity contribution in [3.05, 3.63) is 75.9 Å². The Kier molecular flexibility index (Phi) is 6.62. The highest BCUT2D eigenvalue weighted by Gasteiger charge is 2.47. The number of carbonyl (C=O) groups excluding carboxylic acids is 4. The van der Waals surface area contributed by atoms with E-state index in [1.165, 1.54) is 14.1 Å². The van der Waals surface area contributed by atoms with E-state index in [-0.39, 0.29) is 17.7 Å². The number of halogens is 1. The quantitative estimate of drug-likeness (QED) is 0.352. The maximum Gasteiger partial charge on any atom is 0.340 e. The van der Waals surface area contributed by atoms with Gasteiger partial charge in [0.1, 0.15) is 5.92 Å². The molecule has 1 aliphatic heterocycles. The summed E-state index contributed by atoms with van der Waals surface area (Å²) < 4.78 is 7.97. The van der Waals surface area contributed by atoms with Crippen molar-refractivity contribution in [3.8, 4) is 16.9 Å². The summed E-state index contributed by atoms with van der Waals surface area (Å²) >= 11 is 3.59. The first-order chi connectivity index (χ1) is 16.7. The number of esters is 1. The van der Waals surface area contributed by atoms with Gasteiger partial charge in [0.25, 0.3) is 0 Å². The average Bonchev–Trinajstić information content (AvgIpc) is 3.15. The molecule has 180 valence electrons. The van der Waals surface area contributed by atoms with Crippen molar-refractivity contribution in [1.29, 1.82) is 0 Å². The standard InChI is InChI=1S/C26H24BrN3O5/c1-5-35-25(33)19-15(2)30(18-14-10-9-13-17(18)27)22(16-11-7-6-8-12-16)20(19)21-23(31)28(3)26(34)29(4)24(21)32/h6-14,21H,5H2,1-4H3. The summed E-state index contributed by atoms with van der Waals surface area (Å²) in [5.41, 5.74) is 2.76. The summed E-state index contributed by atoms with van der Waals surface area (Å²) in [4.78, 5) is 54.4. The molecule has 4 rings (SSSR count). The fraction of sp³-hybridized carbons (Fsp3) is 0.231. The van der Waals surface area contributed by atoms with Crippen LogP contribution in [0.15, 0.2) is 59.1 Å². The highest BCUT2D eigenvalue weighted by molar-refractivity contribution is 9.10. The van der Waals surface area contributed by atoms with Crippen LogP contribution in [0.4, 0.5) is 4.79 Å². The molecule has 1 fully saturated rings. The number of nitrogens with zero attached hydrogens (tertiary/aromatic N) is 3. The topological polar surface area (TPSA) is 88.9 Å². The minimum absolute atomic E-state index is 0.115. The molecule has 9 heteroatoms. The smallest absolute Gasteiger partial charge is 0.340 e. The number of rotatable bonds is 5. The van der Waals surface area contributed by atoms with Crippen molar-refractivity contribution in [2.45, 2.75) is 19.8 Å². The van der Waals surface area contributed by atoms with Gasteiger partial charge in [0.05, 0.1) is 23.6 Å². The molecule has 0 bridgehead atoms. The number of benzene rings is 2. The number of barbiturate groups is 1. The van der Waals surface area contributed by atoms with Crippen LogP contribution in [0.25, 0.3) is 16.9 Å². The lowest BCUT2D eigenvalue weighted by molar-refractivity contribution is -0.143. The van der Waals surface area contributed by atoms with Gasteiger partial charge in [0.15, 0.2) is 0 Å². The molecule has 0 N–H and O–H groups in total. The molecule has 1 saturated heterocycles. The average molecular weight is 538 g/mol. The van der Waals surface area contributed by atoms with Gasteiger partial charge in [-0.15, -0.1) is 0 Å². The minimum atomic E-state index is -1.40. The van der Waals surface area contributed by atoms with Gasteiger partial charge in [0, 0.05) is 29.8 Å². The number of para-hydroxylation sites is 1. The molecular weight excluding hydrogens is 514 g/mol. The summed E-state index contributed by atoms with van der Waals surface area (Å²) in [5, 5.41) is 0. The van der Waals surface area contributed by atoms with Gasteiger partial charge in [-0.1, -0.05) is 42.5 Å². The molecule has 0 saturated carbocycles. The lowest BCUT2D eigenvalue weighted by atomic mass is 9.88. The van der Waals surface area contributed by atoms with Gasteiger partial charge in [-0.3, -0.25) is 19.4 Å². The second kappa shape index (κ2) is 9.50. The SMILES string of the molecule is CCOC(=O)c1c(C2C(=O)N(C)C(=O)N(C)C2=O)c(-c2ccccc2)n(-c2ccccc2Br)c1C. The minimum Gasteiger partial charge on any atom is -0.462 e. The third-order valence-corrected chi connectivity index (χ3v) is 6.75. The lowest BCUT2D eigenvalue weighted by Crippen LogP contribution is -2.56. The van der Waals surface area contributed by atoms with Gasteiger partial charge in [0.2, 0.25) is 11.8 Å². The van der Waals surface area contributed by atoms with Gasteiger partial charge >= 0.3 is 12.0 Å². The molecule has 3 aromatic rings. The summed E-state index contributed by atoms with van der Waals surface area (Å²) in [6.45, 7) is 3.55. The van der Waals surface area contributed by atoms with E-state index in [0.717, 1.165) is 14.3 Å². The maximum atomic E-state index is 13.4. The molecule has 0 unspecified atom stereocenters. The fourth-order valence-electron chi connectivity index (χ4n) is 4.42. The molecule has 35 heavy (non-hydrogen) atoms. The van der Waals surface area contributed by atoms with E-state index < -0.39 is 29.7 Å². The molecule has 0 radical (unpaired) electrons.